The minimum absolute atomic E-state index is 0.0912. The highest BCUT2D eigenvalue weighted by Crippen LogP contribution is 2.16. The highest BCUT2D eigenvalue weighted by atomic mass is 32.2. The van der Waals surface area contributed by atoms with Gasteiger partial charge in [0.1, 0.15) is 5.76 Å². The van der Waals surface area contributed by atoms with Crippen LogP contribution in [-0.4, -0.2) is 12.2 Å². The molecule has 0 aliphatic rings. The van der Waals surface area contributed by atoms with E-state index in [-0.39, 0.29) is 11.9 Å². The van der Waals surface area contributed by atoms with Gasteiger partial charge in [-0.2, -0.15) is 0 Å². The van der Waals surface area contributed by atoms with Gasteiger partial charge in [-0.3, -0.25) is 4.79 Å². The third kappa shape index (κ3) is 2.96. The molecule has 2 rings (SSSR count). The summed E-state index contributed by atoms with van der Waals surface area (Å²) < 4.78 is 5.25. The van der Waals surface area contributed by atoms with Gasteiger partial charge in [-0.25, -0.2) is 0 Å². The summed E-state index contributed by atoms with van der Waals surface area (Å²) in [6.45, 7) is 1.90. The van der Waals surface area contributed by atoms with Gasteiger partial charge in [0.15, 0.2) is 0 Å². The first-order valence-corrected chi connectivity index (χ1v) is 6.91. The van der Waals surface area contributed by atoms with E-state index in [1.54, 1.807) is 18.0 Å². The second-order valence-corrected chi connectivity index (χ2v) is 4.82. The van der Waals surface area contributed by atoms with Crippen molar-refractivity contribution in [3.05, 3.63) is 54.0 Å². The van der Waals surface area contributed by atoms with Crippen LogP contribution in [0.15, 0.2) is 52.0 Å². The number of hydrogen-bond acceptors (Lipinski definition) is 3. The number of carbonyl (C=O) groups excluding carboxylic acids is 1. The van der Waals surface area contributed by atoms with E-state index in [0.29, 0.717) is 5.56 Å². The van der Waals surface area contributed by atoms with Crippen LogP contribution in [0.5, 0.6) is 0 Å². The molecule has 1 aromatic carbocycles. The molecule has 1 heterocycles. The third-order valence-corrected chi connectivity index (χ3v) is 3.41. The van der Waals surface area contributed by atoms with Gasteiger partial charge >= 0.3 is 0 Å². The van der Waals surface area contributed by atoms with E-state index in [4.69, 9.17) is 4.42 Å². The van der Waals surface area contributed by atoms with Gasteiger partial charge in [-0.15, -0.1) is 11.8 Å². The summed E-state index contributed by atoms with van der Waals surface area (Å²) in [5.74, 6) is 0.663. The number of furan rings is 1. The van der Waals surface area contributed by atoms with Crippen LogP contribution >= 0.6 is 11.8 Å². The molecule has 0 aliphatic heterocycles. The Morgan fingerprint density at radius 3 is 2.56 bits per heavy atom. The van der Waals surface area contributed by atoms with E-state index >= 15 is 0 Å². The topological polar surface area (TPSA) is 42.2 Å². The number of amides is 1. The van der Waals surface area contributed by atoms with Crippen molar-refractivity contribution in [2.24, 2.45) is 0 Å². The normalized spacial score (nSPS) is 12.1. The molecule has 1 amide bonds. The largest absolute Gasteiger partial charge is 0.467 e. The van der Waals surface area contributed by atoms with Gasteiger partial charge in [-0.05, 0) is 49.6 Å². The first kappa shape index (κ1) is 12.8. The van der Waals surface area contributed by atoms with Crippen molar-refractivity contribution in [2.75, 3.05) is 6.26 Å². The fourth-order valence-electron chi connectivity index (χ4n) is 1.63. The van der Waals surface area contributed by atoms with E-state index in [1.165, 1.54) is 0 Å². The minimum Gasteiger partial charge on any atom is -0.467 e. The average molecular weight is 261 g/mol. The maximum absolute atomic E-state index is 12.0. The molecule has 18 heavy (non-hydrogen) atoms. The van der Waals surface area contributed by atoms with Gasteiger partial charge in [0.25, 0.3) is 5.91 Å². The Morgan fingerprint density at radius 1 is 1.28 bits per heavy atom. The highest BCUT2D eigenvalue weighted by molar-refractivity contribution is 7.98. The van der Waals surface area contributed by atoms with Crippen molar-refractivity contribution in [3.8, 4) is 0 Å². The van der Waals surface area contributed by atoms with Crippen molar-refractivity contribution >= 4 is 17.7 Å². The van der Waals surface area contributed by atoms with E-state index in [1.807, 2.05) is 49.6 Å². The first-order valence-electron chi connectivity index (χ1n) is 5.69. The Morgan fingerprint density at radius 2 is 2.00 bits per heavy atom. The number of nitrogens with one attached hydrogen (secondary N) is 1. The van der Waals surface area contributed by atoms with Crippen LogP contribution < -0.4 is 5.32 Å². The summed E-state index contributed by atoms with van der Waals surface area (Å²) in [4.78, 5) is 13.1. The van der Waals surface area contributed by atoms with E-state index in [2.05, 4.69) is 5.32 Å². The van der Waals surface area contributed by atoms with Gasteiger partial charge < -0.3 is 9.73 Å². The summed E-state index contributed by atoms with van der Waals surface area (Å²) in [5, 5.41) is 2.90. The molecule has 2 aromatic rings. The molecule has 0 aliphatic carbocycles. The predicted molar refractivity (Wildman–Crippen MR) is 72.8 cm³/mol. The SMILES string of the molecule is CSc1ccc(C(=O)N[C@@H](C)c2ccco2)cc1. The molecule has 0 saturated heterocycles. The summed E-state index contributed by atoms with van der Waals surface area (Å²) in [7, 11) is 0. The van der Waals surface area contributed by atoms with Crippen molar-refractivity contribution in [1.29, 1.82) is 0 Å². The molecular formula is C14H15NO2S. The molecule has 0 spiro atoms. The fraction of sp³-hybridized carbons (Fsp3) is 0.214. The number of carbonyl (C=O) groups is 1. The maximum atomic E-state index is 12.0. The summed E-state index contributed by atoms with van der Waals surface area (Å²) >= 11 is 1.65. The summed E-state index contributed by atoms with van der Waals surface area (Å²) in [6.07, 6.45) is 3.61. The van der Waals surface area contributed by atoms with Crippen LogP contribution in [0.1, 0.15) is 29.1 Å². The predicted octanol–water partition coefficient (Wildman–Crippen LogP) is 3.49. The summed E-state index contributed by atoms with van der Waals surface area (Å²) in [5.41, 5.74) is 0.659. The first-order chi connectivity index (χ1) is 8.70. The molecule has 1 aromatic heterocycles. The van der Waals surface area contributed by atoms with Crippen molar-refractivity contribution < 1.29 is 9.21 Å². The van der Waals surface area contributed by atoms with Crippen molar-refractivity contribution in [1.82, 2.24) is 5.32 Å². The molecule has 0 bridgehead atoms. The smallest absolute Gasteiger partial charge is 0.251 e. The molecule has 0 saturated carbocycles. The lowest BCUT2D eigenvalue weighted by Gasteiger charge is -2.11. The quantitative estimate of drug-likeness (QED) is 0.857. The second-order valence-electron chi connectivity index (χ2n) is 3.94. The average Bonchev–Trinajstić information content (AvgIpc) is 2.92. The van der Waals surface area contributed by atoms with Crippen LogP contribution in [0.2, 0.25) is 0 Å². The third-order valence-electron chi connectivity index (χ3n) is 2.67. The Kier molecular flexibility index (Phi) is 4.10. The van der Waals surface area contributed by atoms with Crippen LogP contribution in [0, 0.1) is 0 Å². The Balaban J connectivity index is 2.03. The molecule has 0 fully saturated rings. The monoisotopic (exact) mass is 261 g/mol. The molecule has 3 nitrogen and oxygen atoms in total. The fourth-order valence-corrected chi connectivity index (χ4v) is 2.04. The van der Waals surface area contributed by atoms with Gasteiger partial charge in [0.05, 0.1) is 12.3 Å². The maximum Gasteiger partial charge on any atom is 0.251 e. The Labute approximate surface area is 111 Å². The zero-order chi connectivity index (χ0) is 13.0. The van der Waals surface area contributed by atoms with Gasteiger partial charge in [0, 0.05) is 10.5 Å². The highest BCUT2D eigenvalue weighted by Gasteiger charge is 2.12. The van der Waals surface area contributed by atoms with Crippen molar-refractivity contribution in [3.63, 3.8) is 0 Å². The van der Waals surface area contributed by atoms with Crippen molar-refractivity contribution in [2.45, 2.75) is 17.9 Å². The zero-order valence-electron chi connectivity index (χ0n) is 10.3. The standard InChI is InChI=1S/C14H15NO2S/c1-10(13-4-3-9-17-13)15-14(16)11-5-7-12(18-2)8-6-11/h3-10H,1-2H3,(H,15,16)/t10-/m0/s1. The molecule has 1 atom stereocenters. The molecule has 0 radical (unpaired) electrons. The Hall–Kier alpha value is -1.68. The van der Waals surface area contributed by atoms with Crippen LogP contribution in [0.25, 0.3) is 0 Å². The lowest BCUT2D eigenvalue weighted by molar-refractivity contribution is 0.0935. The lowest BCUT2D eigenvalue weighted by Crippen LogP contribution is -2.26. The zero-order valence-corrected chi connectivity index (χ0v) is 11.2. The number of hydrogen-bond donors (Lipinski definition) is 1. The molecule has 0 unspecified atom stereocenters. The van der Waals surface area contributed by atoms with Crippen LogP contribution in [0.3, 0.4) is 0 Å². The van der Waals surface area contributed by atoms with Crippen LogP contribution in [-0.2, 0) is 0 Å². The molecular weight excluding hydrogens is 246 g/mol. The number of benzene rings is 1. The molecule has 1 N–H and O–H groups in total. The number of thioether (sulfide) groups is 1. The van der Waals surface area contributed by atoms with E-state index < -0.39 is 0 Å². The van der Waals surface area contributed by atoms with Gasteiger partial charge in [-0.1, -0.05) is 0 Å². The second kappa shape index (κ2) is 5.78. The lowest BCUT2D eigenvalue weighted by atomic mass is 10.2. The van der Waals surface area contributed by atoms with E-state index in [0.717, 1.165) is 10.7 Å². The van der Waals surface area contributed by atoms with Crippen LogP contribution in [0.4, 0.5) is 0 Å². The van der Waals surface area contributed by atoms with Gasteiger partial charge in [0.2, 0.25) is 0 Å². The Bertz CT molecular complexity index is 505. The summed E-state index contributed by atoms with van der Waals surface area (Å²) in [6, 6.07) is 11.1. The minimum atomic E-state index is -0.132. The molecule has 4 heteroatoms. The molecule has 94 valence electrons. The number of rotatable bonds is 4. The van der Waals surface area contributed by atoms with E-state index in [9.17, 15) is 4.79 Å².